The lowest BCUT2D eigenvalue weighted by Gasteiger charge is -2.00. The zero-order valence-corrected chi connectivity index (χ0v) is 12.9. The van der Waals surface area contributed by atoms with Crippen LogP contribution in [0.1, 0.15) is 65.2 Å². The normalized spacial score (nSPS) is 11.8. The summed E-state index contributed by atoms with van der Waals surface area (Å²) in [6.07, 6.45) is 17.4. The number of unbranched alkanes of at least 4 members (excludes halogenated alkanes) is 3. The fraction of sp³-hybridized carbons (Fsp3) is 0.706. The first-order valence-electron chi connectivity index (χ1n) is 7.53. The van der Waals surface area contributed by atoms with E-state index in [1.54, 1.807) is 0 Å². The van der Waals surface area contributed by atoms with Crippen LogP contribution in [0, 0.1) is 5.92 Å². The van der Waals surface area contributed by atoms with Gasteiger partial charge in [0.2, 0.25) is 0 Å². The van der Waals surface area contributed by atoms with E-state index in [-0.39, 0.29) is 5.97 Å². The van der Waals surface area contributed by atoms with Crippen molar-refractivity contribution in [3.63, 3.8) is 0 Å². The van der Waals surface area contributed by atoms with Gasteiger partial charge in [-0.2, -0.15) is 0 Å². The third-order valence-electron chi connectivity index (χ3n) is 2.96. The number of allylic oxidation sites excluding steroid dienone is 4. The molecule has 0 aliphatic rings. The number of esters is 1. The topological polar surface area (TPSA) is 26.3 Å². The van der Waals surface area contributed by atoms with Crippen molar-refractivity contribution in [2.45, 2.75) is 65.2 Å². The Labute approximate surface area is 118 Å². The van der Waals surface area contributed by atoms with Crippen molar-refractivity contribution in [1.82, 2.24) is 0 Å². The monoisotopic (exact) mass is 266 g/mol. The highest BCUT2D eigenvalue weighted by Gasteiger charge is 1.96. The molecule has 19 heavy (non-hydrogen) atoms. The summed E-state index contributed by atoms with van der Waals surface area (Å²) < 4.78 is 4.58. The summed E-state index contributed by atoms with van der Waals surface area (Å²) in [5.74, 6) is 0.707. The van der Waals surface area contributed by atoms with Gasteiger partial charge in [-0.15, -0.1) is 0 Å². The number of ether oxygens (including phenoxy) is 1. The van der Waals surface area contributed by atoms with Gasteiger partial charge in [0.15, 0.2) is 0 Å². The van der Waals surface area contributed by atoms with Gasteiger partial charge in [0.25, 0.3) is 0 Å². The van der Waals surface area contributed by atoms with Gasteiger partial charge in [0.05, 0.1) is 7.11 Å². The van der Waals surface area contributed by atoms with Gasteiger partial charge in [0.1, 0.15) is 0 Å². The quantitative estimate of drug-likeness (QED) is 0.297. The van der Waals surface area contributed by atoms with Crippen LogP contribution in [0.2, 0.25) is 0 Å². The molecule has 0 aliphatic carbocycles. The number of carbonyl (C=O) groups excluding carboxylic acids is 1. The predicted octanol–water partition coefficient (Wildman–Crippen LogP) is 5.05. The molecule has 0 aromatic carbocycles. The molecule has 0 unspecified atom stereocenters. The average molecular weight is 266 g/mol. The molecule has 0 heterocycles. The predicted molar refractivity (Wildman–Crippen MR) is 82.1 cm³/mol. The van der Waals surface area contributed by atoms with Gasteiger partial charge < -0.3 is 4.74 Å². The van der Waals surface area contributed by atoms with E-state index in [1.165, 1.54) is 26.4 Å². The van der Waals surface area contributed by atoms with Crippen LogP contribution in [0.3, 0.4) is 0 Å². The van der Waals surface area contributed by atoms with Crippen LogP contribution in [0.15, 0.2) is 24.3 Å². The van der Waals surface area contributed by atoms with Crippen molar-refractivity contribution < 1.29 is 9.53 Å². The molecule has 0 fully saturated rings. The number of rotatable bonds is 11. The lowest BCUT2D eigenvalue weighted by Crippen LogP contribution is -1.98. The molecule has 0 atom stereocenters. The van der Waals surface area contributed by atoms with E-state index < -0.39 is 0 Å². The van der Waals surface area contributed by atoms with E-state index in [2.05, 4.69) is 42.9 Å². The molecule has 0 saturated carbocycles. The van der Waals surface area contributed by atoms with Gasteiger partial charge in [-0.25, -0.2) is 0 Å². The SMILES string of the molecule is COC(=O)CCC/C=C\CC/C=C\CCCC(C)C. The van der Waals surface area contributed by atoms with Gasteiger partial charge in [0, 0.05) is 6.42 Å². The van der Waals surface area contributed by atoms with Crippen LogP contribution in [-0.2, 0) is 9.53 Å². The Hall–Kier alpha value is -1.05. The first-order chi connectivity index (χ1) is 9.16. The number of hydrogen-bond acceptors (Lipinski definition) is 2. The van der Waals surface area contributed by atoms with Crippen LogP contribution < -0.4 is 0 Å². The Kier molecular flexibility index (Phi) is 12.6. The van der Waals surface area contributed by atoms with Crippen molar-refractivity contribution in [1.29, 1.82) is 0 Å². The second kappa shape index (κ2) is 13.4. The number of carbonyl (C=O) groups is 1. The van der Waals surface area contributed by atoms with Crippen LogP contribution in [-0.4, -0.2) is 13.1 Å². The summed E-state index contributed by atoms with van der Waals surface area (Å²) in [4.78, 5) is 10.9. The third kappa shape index (κ3) is 14.9. The first kappa shape index (κ1) is 17.9. The van der Waals surface area contributed by atoms with Crippen LogP contribution in [0.25, 0.3) is 0 Å². The summed E-state index contributed by atoms with van der Waals surface area (Å²) in [6, 6.07) is 0. The van der Waals surface area contributed by atoms with Gasteiger partial charge in [-0.3, -0.25) is 4.79 Å². The van der Waals surface area contributed by atoms with Crippen molar-refractivity contribution in [3.05, 3.63) is 24.3 Å². The summed E-state index contributed by atoms with van der Waals surface area (Å²) >= 11 is 0. The molecule has 0 aromatic rings. The molecular formula is C17H30O2. The Morgan fingerprint density at radius 3 is 2.00 bits per heavy atom. The average Bonchev–Trinajstić information content (AvgIpc) is 2.39. The van der Waals surface area contributed by atoms with E-state index >= 15 is 0 Å². The van der Waals surface area contributed by atoms with E-state index in [1.807, 2.05) is 0 Å². The molecule has 2 heteroatoms. The lowest BCUT2D eigenvalue weighted by molar-refractivity contribution is -0.140. The molecule has 0 aliphatic heterocycles. The van der Waals surface area contributed by atoms with E-state index in [4.69, 9.17) is 0 Å². The molecule has 0 aromatic heterocycles. The van der Waals surface area contributed by atoms with Crippen molar-refractivity contribution in [2.24, 2.45) is 5.92 Å². The summed E-state index contributed by atoms with van der Waals surface area (Å²) in [5.41, 5.74) is 0. The molecule has 0 N–H and O–H groups in total. The molecule has 0 rings (SSSR count). The number of methoxy groups -OCH3 is 1. The van der Waals surface area contributed by atoms with Crippen molar-refractivity contribution in [2.75, 3.05) is 7.11 Å². The molecule has 0 spiro atoms. The Bertz CT molecular complexity index is 264. The highest BCUT2D eigenvalue weighted by Crippen LogP contribution is 2.07. The molecule has 2 nitrogen and oxygen atoms in total. The van der Waals surface area contributed by atoms with Gasteiger partial charge in [-0.05, 0) is 44.4 Å². The van der Waals surface area contributed by atoms with Crippen LogP contribution in [0.5, 0.6) is 0 Å². The highest BCUT2D eigenvalue weighted by atomic mass is 16.5. The lowest BCUT2D eigenvalue weighted by atomic mass is 10.1. The Balaban J connectivity index is 3.29. The van der Waals surface area contributed by atoms with Crippen molar-refractivity contribution in [3.8, 4) is 0 Å². The smallest absolute Gasteiger partial charge is 0.305 e. The molecule has 0 amide bonds. The molecule has 110 valence electrons. The molecule has 0 bridgehead atoms. The molecule has 0 saturated heterocycles. The third-order valence-corrected chi connectivity index (χ3v) is 2.96. The maximum atomic E-state index is 10.9. The van der Waals surface area contributed by atoms with Crippen LogP contribution >= 0.6 is 0 Å². The zero-order chi connectivity index (χ0) is 14.3. The fourth-order valence-electron chi connectivity index (χ4n) is 1.77. The molecule has 0 radical (unpaired) electrons. The van der Waals surface area contributed by atoms with E-state index in [9.17, 15) is 4.79 Å². The Morgan fingerprint density at radius 2 is 1.47 bits per heavy atom. The summed E-state index contributed by atoms with van der Waals surface area (Å²) in [6.45, 7) is 4.55. The van der Waals surface area contributed by atoms with Crippen molar-refractivity contribution >= 4 is 5.97 Å². The first-order valence-corrected chi connectivity index (χ1v) is 7.53. The summed E-state index contributed by atoms with van der Waals surface area (Å²) in [7, 11) is 1.44. The van der Waals surface area contributed by atoms with Crippen LogP contribution in [0.4, 0.5) is 0 Å². The minimum absolute atomic E-state index is 0.113. The highest BCUT2D eigenvalue weighted by molar-refractivity contribution is 5.68. The zero-order valence-electron chi connectivity index (χ0n) is 12.9. The molecular weight excluding hydrogens is 236 g/mol. The van der Waals surface area contributed by atoms with E-state index in [0.717, 1.165) is 31.6 Å². The second-order valence-corrected chi connectivity index (χ2v) is 5.31. The minimum atomic E-state index is -0.113. The maximum Gasteiger partial charge on any atom is 0.305 e. The minimum Gasteiger partial charge on any atom is -0.469 e. The van der Waals surface area contributed by atoms with Gasteiger partial charge in [-0.1, -0.05) is 44.6 Å². The largest absolute Gasteiger partial charge is 0.469 e. The summed E-state index contributed by atoms with van der Waals surface area (Å²) in [5, 5.41) is 0. The van der Waals surface area contributed by atoms with E-state index in [0.29, 0.717) is 6.42 Å². The number of hydrogen-bond donors (Lipinski definition) is 0. The fourth-order valence-corrected chi connectivity index (χ4v) is 1.77. The van der Waals surface area contributed by atoms with Gasteiger partial charge >= 0.3 is 5.97 Å². The maximum absolute atomic E-state index is 10.9. The Morgan fingerprint density at radius 1 is 0.947 bits per heavy atom. The standard InChI is InChI=1S/C17H30O2/c1-16(2)14-12-10-8-6-4-5-7-9-11-13-15-17(18)19-3/h6-9,16H,4-5,10-15H2,1-3H3/b8-6-,9-7-. The second-order valence-electron chi connectivity index (χ2n) is 5.31.